The van der Waals surface area contributed by atoms with E-state index in [0.717, 1.165) is 33.5 Å². The van der Waals surface area contributed by atoms with E-state index < -0.39 is 11.8 Å². The maximum Gasteiger partial charge on any atom is 0.226 e. The topological polar surface area (TPSA) is 98.0 Å². The summed E-state index contributed by atoms with van der Waals surface area (Å²) in [4.78, 5) is 32.7. The van der Waals surface area contributed by atoms with Crippen molar-refractivity contribution in [1.82, 2.24) is 9.97 Å². The van der Waals surface area contributed by atoms with Crippen LogP contribution in [0.25, 0.3) is 21.1 Å². The van der Waals surface area contributed by atoms with Crippen molar-refractivity contribution in [3.8, 4) is 0 Å². The Morgan fingerprint density at radius 2 is 2.04 bits per heavy atom. The predicted octanol–water partition coefficient (Wildman–Crippen LogP) is 3.25. The molecule has 25 heavy (non-hydrogen) atoms. The Hall–Kier alpha value is -2.54. The molecule has 2 amide bonds. The Labute approximate surface area is 149 Å². The van der Waals surface area contributed by atoms with Gasteiger partial charge in [0.2, 0.25) is 11.8 Å². The Balaban J connectivity index is 2.03. The quantitative estimate of drug-likeness (QED) is 0.708. The van der Waals surface area contributed by atoms with Gasteiger partial charge in [-0.15, -0.1) is 11.3 Å². The molecule has 0 saturated carbocycles. The van der Waals surface area contributed by atoms with Gasteiger partial charge in [-0.3, -0.25) is 9.59 Å². The molecule has 0 aliphatic heterocycles. The smallest absolute Gasteiger partial charge is 0.226 e. The van der Waals surface area contributed by atoms with Crippen molar-refractivity contribution < 1.29 is 9.59 Å². The van der Waals surface area contributed by atoms with Crippen LogP contribution in [-0.4, -0.2) is 21.8 Å². The standard InChI is InChI=1S/C18H20N4O2S/c1-3-6-14-22-15-16(25-14)11-7-4-5-8-12(11)20-18(15)21-13(23)9-10(2)17(19)24/h4-5,7-8,10H,3,6,9H2,1-2H3,(H2,19,24)(H,20,21,23). The van der Waals surface area contributed by atoms with Gasteiger partial charge in [-0.2, -0.15) is 0 Å². The fourth-order valence-corrected chi connectivity index (χ4v) is 3.81. The fraction of sp³-hybridized carbons (Fsp3) is 0.333. The minimum Gasteiger partial charge on any atom is -0.369 e. The highest BCUT2D eigenvalue weighted by molar-refractivity contribution is 7.19. The first-order valence-corrected chi connectivity index (χ1v) is 9.08. The second kappa shape index (κ2) is 7.14. The zero-order valence-electron chi connectivity index (χ0n) is 14.2. The minimum absolute atomic E-state index is 0.0251. The first-order valence-electron chi connectivity index (χ1n) is 8.27. The first-order chi connectivity index (χ1) is 12.0. The number of hydrogen-bond donors (Lipinski definition) is 2. The van der Waals surface area contributed by atoms with Gasteiger partial charge >= 0.3 is 0 Å². The zero-order chi connectivity index (χ0) is 18.0. The lowest BCUT2D eigenvalue weighted by Gasteiger charge is -2.09. The van der Waals surface area contributed by atoms with Crippen molar-refractivity contribution in [3.05, 3.63) is 29.3 Å². The van der Waals surface area contributed by atoms with Gasteiger partial charge in [-0.05, 0) is 18.9 Å². The van der Waals surface area contributed by atoms with Crippen molar-refractivity contribution in [2.24, 2.45) is 11.7 Å². The molecule has 0 radical (unpaired) electrons. The van der Waals surface area contributed by atoms with E-state index in [1.807, 2.05) is 24.3 Å². The Morgan fingerprint density at radius 3 is 2.76 bits per heavy atom. The molecule has 0 saturated heterocycles. The molecule has 0 bridgehead atoms. The Kier molecular flexibility index (Phi) is 4.94. The summed E-state index contributed by atoms with van der Waals surface area (Å²) in [6, 6.07) is 7.81. The number of primary amides is 1. The number of rotatable bonds is 6. The highest BCUT2D eigenvalue weighted by Crippen LogP contribution is 2.34. The maximum atomic E-state index is 12.3. The van der Waals surface area contributed by atoms with Crippen molar-refractivity contribution in [3.63, 3.8) is 0 Å². The SMILES string of the molecule is CCCc1nc2c(NC(=O)CC(C)C(N)=O)nc3ccccc3c2s1. The molecular weight excluding hydrogens is 336 g/mol. The highest BCUT2D eigenvalue weighted by atomic mass is 32.1. The first kappa shape index (κ1) is 17.3. The van der Waals surface area contributed by atoms with Crippen LogP contribution in [0.1, 0.15) is 31.7 Å². The number of aryl methyl sites for hydroxylation is 1. The van der Waals surface area contributed by atoms with Crippen LogP contribution in [0.3, 0.4) is 0 Å². The number of carbonyl (C=O) groups excluding carboxylic acids is 2. The zero-order valence-corrected chi connectivity index (χ0v) is 15.0. The second-order valence-corrected chi connectivity index (χ2v) is 7.15. The summed E-state index contributed by atoms with van der Waals surface area (Å²) in [6.07, 6.45) is 1.92. The van der Waals surface area contributed by atoms with E-state index >= 15 is 0 Å². The molecule has 0 fully saturated rings. The molecule has 1 unspecified atom stereocenters. The van der Waals surface area contributed by atoms with Crippen molar-refractivity contribution in [2.75, 3.05) is 5.32 Å². The van der Waals surface area contributed by atoms with Gasteiger partial charge in [0, 0.05) is 17.7 Å². The van der Waals surface area contributed by atoms with Gasteiger partial charge in [0.25, 0.3) is 0 Å². The van der Waals surface area contributed by atoms with Crippen LogP contribution in [0.4, 0.5) is 5.82 Å². The number of benzene rings is 1. The van der Waals surface area contributed by atoms with Crippen molar-refractivity contribution in [1.29, 1.82) is 0 Å². The highest BCUT2D eigenvalue weighted by Gasteiger charge is 2.18. The van der Waals surface area contributed by atoms with Gasteiger partial charge in [-0.1, -0.05) is 32.0 Å². The molecule has 3 N–H and O–H groups in total. The van der Waals surface area contributed by atoms with Crippen molar-refractivity contribution >= 4 is 50.1 Å². The molecule has 0 aliphatic carbocycles. The van der Waals surface area contributed by atoms with Gasteiger partial charge in [0.05, 0.1) is 15.2 Å². The Bertz CT molecular complexity index is 951. The number of fused-ring (bicyclic) bond motifs is 3. The second-order valence-electron chi connectivity index (χ2n) is 6.07. The van der Waals surface area contributed by atoms with Gasteiger partial charge in [0.15, 0.2) is 5.82 Å². The third-order valence-electron chi connectivity index (χ3n) is 3.98. The van der Waals surface area contributed by atoms with E-state index in [-0.39, 0.29) is 12.3 Å². The van der Waals surface area contributed by atoms with Crippen LogP contribution in [0.5, 0.6) is 0 Å². The average Bonchev–Trinajstić information content (AvgIpc) is 2.99. The van der Waals surface area contributed by atoms with E-state index in [9.17, 15) is 9.59 Å². The summed E-state index contributed by atoms with van der Waals surface area (Å²) < 4.78 is 1.02. The number of anilines is 1. The lowest BCUT2D eigenvalue weighted by atomic mass is 10.1. The molecule has 1 aromatic carbocycles. The van der Waals surface area contributed by atoms with Crippen LogP contribution < -0.4 is 11.1 Å². The van der Waals surface area contributed by atoms with Crippen LogP contribution in [0, 0.1) is 5.92 Å². The molecule has 0 aliphatic rings. The summed E-state index contributed by atoms with van der Waals surface area (Å²) >= 11 is 1.63. The number of aromatic nitrogens is 2. The number of amides is 2. The number of nitrogens with two attached hydrogens (primary N) is 1. The van der Waals surface area contributed by atoms with E-state index in [4.69, 9.17) is 5.73 Å². The molecule has 1 atom stereocenters. The van der Waals surface area contributed by atoms with Crippen LogP contribution in [0.2, 0.25) is 0 Å². The average molecular weight is 356 g/mol. The Morgan fingerprint density at radius 1 is 1.28 bits per heavy atom. The fourth-order valence-electron chi connectivity index (χ4n) is 2.61. The third kappa shape index (κ3) is 3.61. The lowest BCUT2D eigenvalue weighted by Crippen LogP contribution is -2.25. The van der Waals surface area contributed by atoms with Gasteiger partial charge in [-0.25, -0.2) is 9.97 Å². The maximum absolute atomic E-state index is 12.3. The molecule has 2 aromatic heterocycles. The minimum atomic E-state index is -0.526. The molecule has 130 valence electrons. The molecule has 3 rings (SSSR count). The third-order valence-corrected chi connectivity index (χ3v) is 5.12. The monoisotopic (exact) mass is 356 g/mol. The predicted molar refractivity (Wildman–Crippen MR) is 101 cm³/mol. The number of hydrogen-bond acceptors (Lipinski definition) is 5. The van der Waals surface area contributed by atoms with E-state index in [0.29, 0.717) is 11.3 Å². The molecular formula is C18H20N4O2S. The van der Waals surface area contributed by atoms with E-state index in [2.05, 4.69) is 22.2 Å². The normalized spacial score (nSPS) is 12.4. The number of thiazole rings is 1. The number of pyridine rings is 1. The number of para-hydroxylation sites is 1. The summed E-state index contributed by atoms with van der Waals surface area (Å²) in [6.45, 7) is 3.74. The van der Waals surface area contributed by atoms with Gasteiger partial charge in [0.1, 0.15) is 5.52 Å². The molecule has 3 aromatic rings. The summed E-state index contributed by atoms with van der Waals surface area (Å²) in [5.74, 6) is -0.873. The van der Waals surface area contributed by atoms with E-state index in [1.165, 1.54) is 0 Å². The van der Waals surface area contributed by atoms with Gasteiger partial charge < -0.3 is 11.1 Å². The van der Waals surface area contributed by atoms with Crippen LogP contribution >= 0.6 is 11.3 Å². The van der Waals surface area contributed by atoms with Crippen molar-refractivity contribution in [2.45, 2.75) is 33.1 Å². The lowest BCUT2D eigenvalue weighted by molar-refractivity contribution is -0.125. The molecule has 0 spiro atoms. The molecule has 2 heterocycles. The largest absolute Gasteiger partial charge is 0.369 e. The summed E-state index contributed by atoms with van der Waals surface area (Å²) in [5.41, 5.74) is 6.74. The van der Waals surface area contributed by atoms with Crippen LogP contribution in [0.15, 0.2) is 24.3 Å². The summed E-state index contributed by atoms with van der Waals surface area (Å²) in [7, 11) is 0. The van der Waals surface area contributed by atoms with E-state index in [1.54, 1.807) is 18.3 Å². The summed E-state index contributed by atoms with van der Waals surface area (Å²) in [5, 5.41) is 4.86. The number of nitrogens with one attached hydrogen (secondary N) is 1. The number of carbonyl (C=O) groups is 2. The number of nitrogens with zero attached hydrogens (tertiary/aromatic N) is 2. The van der Waals surface area contributed by atoms with Crippen LogP contribution in [-0.2, 0) is 16.0 Å². The molecule has 7 heteroatoms. The molecule has 6 nitrogen and oxygen atoms in total.